The minimum atomic E-state index is -0.799. The third kappa shape index (κ3) is 59.5. The number of carbonyl (C=O) groups is 3. The highest BCUT2D eigenvalue weighted by molar-refractivity contribution is 5.71. The van der Waals surface area contributed by atoms with Crippen LogP contribution >= 0.6 is 0 Å². The van der Waals surface area contributed by atoms with Gasteiger partial charge in [0.2, 0.25) is 0 Å². The number of carbonyl (C=O) groups excluding carboxylic acids is 3. The highest BCUT2D eigenvalue weighted by atomic mass is 16.6. The monoisotopic (exact) mass is 1030 g/mol. The van der Waals surface area contributed by atoms with Gasteiger partial charge in [0.25, 0.3) is 0 Å². The van der Waals surface area contributed by atoms with E-state index < -0.39 is 6.10 Å². The maximum Gasteiger partial charge on any atom is 0.306 e. The summed E-state index contributed by atoms with van der Waals surface area (Å²) in [7, 11) is 0. The summed E-state index contributed by atoms with van der Waals surface area (Å²) in [4.78, 5) is 38.3. The average Bonchev–Trinajstić information content (AvgIpc) is 3.40. The lowest BCUT2D eigenvalue weighted by molar-refractivity contribution is -0.167. The average molecular weight is 1030 g/mol. The topological polar surface area (TPSA) is 78.9 Å². The Labute approximate surface area is 458 Å². The second-order valence-electron chi connectivity index (χ2n) is 20.9. The zero-order valence-electron chi connectivity index (χ0n) is 48.8. The van der Waals surface area contributed by atoms with Gasteiger partial charge in [0.15, 0.2) is 6.10 Å². The quantitative estimate of drug-likeness (QED) is 0.0261. The highest BCUT2D eigenvalue weighted by Crippen LogP contribution is 2.17. The molecule has 0 aromatic rings. The van der Waals surface area contributed by atoms with Crippen molar-refractivity contribution in [2.24, 2.45) is 0 Å². The molecule has 0 aliphatic rings. The Morgan fingerprint density at radius 1 is 0.284 bits per heavy atom. The maximum atomic E-state index is 12.9. The molecule has 0 bridgehead atoms. The molecule has 0 fully saturated rings. The van der Waals surface area contributed by atoms with Crippen LogP contribution in [0.5, 0.6) is 0 Å². The molecule has 0 aromatic carbocycles. The van der Waals surface area contributed by atoms with E-state index in [-0.39, 0.29) is 31.1 Å². The minimum Gasteiger partial charge on any atom is -0.462 e. The van der Waals surface area contributed by atoms with Crippen LogP contribution in [0.4, 0.5) is 0 Å². The Morgan fingerprint density at radius 2 is 0.527 bits per heavy atom. The predicted octanol–water partition coefficient (Wildman–Crippen LogP) is 21.5. The van der Waals surface area contributed by atoms with E-state index in [1.165, 1.54) is 167 Å². The number of hydrogen-bond acceptors (Lipinski definition) is 6. The Morgan fingerprint density at radius 3 is 0.851 bits per heavy atom. The first-order valence-corrected chi connectivity index (χ1v) is 31.6. The second-order valence-corrected chi connectivity index (χ2v) is 20.9. The zero-order chi connectivity index (χ0) is 53.6. The number of esters is 3. The van der Waals surface area contributed by atoms with E-state index in [2.05, 4.69) is 106 Å². The molecule has 0 amide bonds. The number of hydrogen-bond donors (Lipinski definition) is 0. The molecule has 0 aromatic heterocycles. The normalized spacial score (nSPS) is 12.6. The summed E-state index contributed by atoms with van der Waals surface area (Å²) in [5.74, 6) is -0.936. The van der Waals surface area contributed by atoms with E-state index in [0.29, 0.717) is 19.3 Å². The van der Waals surface area contributed by atoms with Gasteiger partial charge in [0.05, 0.1) is 0 Å². The maximum absolute atomic E-state index is 12.9. The van der Waals surface area contributed by atoms with E-state index in [0.717, 1.165) is 103 Å². The summed E-state index contributed by atoms with van der Waals surface area (Å²) in [6.45, 7) is 6.50. The lowest BCUT2D eigenvalue weighted by Gasteiger charge is -2.18. The van der Waals surface area contributed by atoms with Crippen molar-refractivity contribution in [1.82, 2.24) is 0 Å². The molecule has 0 N–H and O–H groups in total. The summed E-state index contributed by atoms with van der Waals surface area (Å²) < 4.78 is 16.9. The van der Waals surface area contributed by atoms with Gasteiger partial charge in [-0.3, -0.25) is 14.4 Å². The first-order valence-electron chi connectivity index (χ1n) is 31.6. The van der Waals surface area contributed by atoms with Crippen LogP contribution in [0.25, 0.3) is 0 Å². The summed E-state index contributed by atoms with van der Waals surface area (Å²) in [5, 5.41) is 0. The molecule has 74 heavy (non-hydrogen) atoms. The third-order valence-corrected chi connectivity index (χ3v) is 13.6. The minimum absolute atomic E-state index is 0.0947. The molecule has 0 aliphatic carbocycles. The largest absolute Gasteiger partial charge is 0.462 e. The molecule has 0 rings (SSSR count). The molecular weight excluding hydrogens is 913 g/mol. The Hall–Kier alpha value is -3.41. The van der Waals surface area contributed by atoms with Crippen LogP contribution < -0.4 is 0 Å². The summed E-state index contributed by atoms with van der Waals surface area (Å²) >= 11 is 0. The van der Waals surface area contributed by atoms with Crippen molar-refractivity contribution in [3.8, 4) is 0 Å². The molecule has 426 valence electrons. The summed E-state index contributed by atoms with van der Waals surface area (Å²) in [5.41, 5.74) is 0. The van der Waals surface area contributed by atoms with E-state index in [9.17, 15) is 14.4 Å². The van der Waals surface area contributed by atoms with Crippen molar-refractivity contribution in [3.05, 3.63) is 85.1 Å². The van der Waals surface area contributed by atoms with Gasteiger partial charge in [-0.2, -0.15) is 0 Å². The number of allylic oxidation sites excluding steroid dienone is 14. The van der Waals surface area contributed by atoms with E-state index >= 15 is 0 Å². The summed E-state index contributed by atoms with van der Waals surface area (Å²) in [6.07, 6.45) is 81.6. The lowest BCUT2D eigenvalue weighted by atomic mass is 10.0. The van der Waals surface area contributed by atoms with Crippen LogP contribution in [-0.4, -0.2) is 37.2 Å². The molecule has 0 spiro atoms. The van der Waals surface area contributed by atoms with Crippen molar-refractivity contribution in [2.45, 2.75) is 316 Å². The standard InChI is InChI=1S/C68H118O6/c1-4-7-10-13-16-19-22-25-28-30-32-34-36-37-40-43-46-49-52-55-58-61-67(70)73-64-65(63-72-66(69)60-57-54-51-48-45-42-39-27-24-21-18-15-12-9-6-3)74-68(71)62-59-56-53-50-47-44-41-38-35-33-31-29-26-23-20-17-14-11-8-5-2/h9,12,18,21-22,25,27,30,32,36-37,39,45,48,65H,4-8,10-11,13-17,19-20,23-24,26,28-29,31,33-35,38,40-44,46-47,49-64H2,1-3H3/b12-9-,21-18-,25-22-,32-30-,37-36-,39-27-,48-45-. The second kappa shape index (κ2) is 62.1. The van der Waals surface area contributed by atoms with Crippen molar-refractivity contribution < 1.29 is 28.6 Å². The first-order chi connectivity index (χ1) is 36.5. The van der Waals surface area contributed by atoms with Crippen LogP contribution in [0.1, 0.15) is 310 Å². The Bertz CT molecular complexity index is 1420. The third-order valence-electron chi connectivity index (χ3n) is 13.6. The van der Waals surface area contributed by atoms with Gasteiger partial charge in [0.1, 0.15) is 13.2 Å². The fourth-order valence-corrected chi connectivity index (χ4v) is 8.91. The van der Waals surface area contributed by atoms with Crippen LogP contribution in [0.2, 0.25) is 0 Å². The van der Waals surface area contributed by atoms with Crippen molar-refractivity contribution >= 4 is 17.9 Å². The van der Waals surface area contributed by atoms with Gasteiger partial charge in [-0.15, -0.1) is 0 Å². The molecule has 0 aliphatic heterocycles. The number of ether oxygens (including phenoxy) is 3. The van der Waals surface area contributed by atoms with Gasteiger partial charge in [-0.1, -0.05) is 279 Å². The van der Waals surface area contributed by atoms with Crippen LogP contribution in [-0.2, 0) is 28.6 Å². The molecule has 0 saturated heterocycles. The fourth-order valence-electron chi connectivity index (χ4n) is 8.91. The van der Waals surface area contributed by atoms with Crippen molar-refractivity contribution in [1.29, 1.82) is 0 Å². The highest BCUT2D eigenvalue weighted by Gasteiger charge is 2.19. The van der Waals surface area contributed by atoms with Gasteiger partial charge in [-0.25, -0.2) is 0 Å². The van der Waals surface area contributed by atoms with Gasteiger partial charge in [0, 0.05) is 19.3 Å². The van der Waals surface area contributed by atoms with Gasteiger partial charge in [-0.05, 0) is 96.3 Å². The lowest BCUT2D eigenvalue weighted by Crippen LogP contribution is -2.30. The van der Waals surface area contributed by atoms with Gasteiger partial charge >= 0.3 is 17.9 Å². The number of unbranched alkanes of at least 4 members (excludes halogenated alkanes) is 32. The molecule has 0 radical (unpaired) electrons. The Balaban J connectivity index is 4.41. The van der Waals surface area contributed by atoms with E-state index in [1.807, 2.05) is 0 Å². The summed E-state index contributed by atoms with van der Waals surface area (Å²) in [6, 6.07) is 0. The van der Waals surface area contributed by atoms with Crippen molar-refractivity contribution in [2.75, 3.05) is 13.2 Å². The smallest absolute Gasteiger partial charge is 0.306 e. The predicted molar refractivity (Wildman–Crippen MR) is 321 cm³/mol. The van der Waals surface area contributed by atoms with E-state index in [1.54, 1.807) is 0 Å². The molecule has 6 heteroatoms. The van der Waals surface area contributed by atoms with Gasteiger partial charge < -0.3 is 14.2 Å². The van der Waals surface area contributed by atoms with Crippen LogP contribution in [0.15, 0.2) is 85.1 Å². The van der Waals surface area contributed by atoms with Crippen molar-refractivity contribution in [3.63, 3.8) is 0 Å². The molecule has 1 unspecified atom stereocenters. The molecule has 6 nitrogen and oxygen atoms in total. The zero-order valence-corrected chi connectivity index (χ0v) is 48.8. The molecule has 0 saturated carbocycles. The van der Waals surface area contributed by atoms with Crippen LogP contribution in [0, 0.1) is 0 Å². The number of rotatable bonds is 57. The first kappa shape index (κ1) is 70.6. The molecule has 0 heterocycles. The molecule has 1 atom stereocenters. The Kier molecular flexibility index (Phi) is 59.3. The van der Waals surface area contributed by atoms with E-state index in [4.69, 9.17) is 14.2 Å². The molecular formula is C68H118O6. The van der Waals surface area contributed by atoms with Crippen LogP contribution in [0.3, 0.4) is 0 Å². The SMILES string of the molecule is CC/C=C\C/C=C\C/C=C\C/C=C\CCCCC(=O)OCC(COC(=O)CCCCCCCC/C=C\C/C=C\C/C=C\CCCCCCC)OC(=O)CCCCCCCCCCCCCCCCCCCCCC. The fraction of sp³-hybridized carbons (Fsp3) is 0.750.